The molecule has 0 saturated carbocycles. The number of benzene rings is 1. The van der Waals surface area contributed by atoms with E-state index in [0.717, 1.165) is 5.56 Å². The molecule has 2 aromatic rings. The highest BCUT2D eigenvalue weighted by Gasteiger charge is 2.14. The van der Waals surface area contributed by atoms with Gasteiger partial charge in [0, 0.05) is 5.56 Å². The molecular weight excluding hydrogens is 236 g/mol. The minimum Gasteiger partial charge on any atom is -0.479 e. The molecule has 1 N–H and O–H groups in total. The minimum atomic E-state index is -1.03. The normalized spacial score (nSPS) is 12.3. The molecule has 0 saturated heterocycles. The Bertz CT molecular complexity index is 524. The van der Waals surface area contributed by atoms with Gasteiger partial charge >= 0.3 is 5.97 Å². The van der Waals surface area contributed by atoms with Crippen molar-refractivity contribution in [1.82, 2.24) is 10.2 Å². The smallest absolute Gasteiger partial charge is 0.332 e. The molecule has 0 aliphatic carbocycles. The predicted octanol–water partition coefficient (Wildman–Crippen LogP) is 1.73. The zero-order valence-corrected chi connectivity index (χ0v) is 9.74. The molecule has 0 aliphatic heterocycles. The molecule has 1 heterocycles. The molecule has 6 nitrogen and oxygen atoms in total. The number of ether oxygens (including phenoxy) is 1. The van der Waals surface area contributed by atoms with Gasteiger partial charge in [0.1, 0.15) is 6.61 Å². The van der Waals surface area contributed by atoms with Gasteiger partial charge in [0.2, 0.25) is 11.8 Å². The van der Waals surface area contributed by atoms with Crippen molar-refractivity contribution < 1.29 is 19.1 Å². The first kappa shape index (κ1) is 12.3. The monoisotopic (exact) mass is 248 g/mol. The van der Waals surface area contributed by atoms with Gasteiger partial charge in [-0.05, 0) is 19.1 Å². The highest BCUT2D eigenvalue weighted by Crippen LogP contribution is 2.17. The largest absolute Gasteiger partial charge is 0.479 e. The number of carbonyl (C=O) groups is 1. The Hall–Kier alpha value is -2.21. The van der Waals surface area contributed by atoms with Crippen LogP contribution >= 0.6 is 0 Å². The lowest BCUT2D eigenvalue weighted by atomic mass is 10.2. The van der Waals surface area contributed by atoms with Crippen molar-refractivity contribution in [1.29, 1.82) is 0 Å². The molecule has 0 aliphatic rings. The number of aromatic nitrogens is 2. The fourth-order valence-electron chi connectivity index (χ4n) is 1.28. The Balaban J connectivity index is 2.01. The number of rotatable bonds is 5. The number of nitrogens with zero attached hydrogens (tertiary/aromatic N) is 2. The van der Waals surface area contributed by atoms with Crippen LogP contribution in [0.3, 0.4) is 0 Å². The molecule has 0 spiro atoms. The van der Waals surface area contributed by atoms with Gasteiger partial charge in [-0.25, -0.2) is 4.79 Å². The van der Waals surface area contributed by atoms with Crippen molar-refractivity contribution in [3.8, 4) is 11.5 Å². The highest BCUT2D eigenvalue weighted by atomic mass is 16.5. The maximum Gasteiger partial charge on any atom is 0.332 e. The van der Waals surface area contributed by atoms with Crippen molar-refractivity contribution in [2.24, 2.45) is 0 Å². The first-order valence-corrected chi connectivity index (χ1v) is 5.39. The van der Waals surface area contributed by atoms with E-state index in [1.165, 1.54) is 6.92 Å². The van der Waals surface area contributed by atoms with Crippen molar-refractivity contribution in [3.63, 3.8) is 0 Å². The van der Waals surface area contributed by atoms with Gasteiger partial charge in [-0.2, -0.15) is 0 Å². The molecule has 0 amide bonds. The van der Waals surface area contributed by atoms with Gasteiger partial charge in [0.15, 0.2) is 6.10 Å². The fourth-order valence-corrected chi connectivity index (χ4v) is 1.28. The molecule has 94 valence electrons. The van der Waals surface area contributed by atoms with Crippen LogP contribution in [0.1, 0.15) is 12.8 Å². The summed E-state index contributed by atoms with van der Waals surface area (Å²) in [6.07, 6.45) is -0.905. The SMILES string of the molecule is C[C@H](OCc1nnc(-c2ccccc2)o1)C(=O)O. The van der Waals surface area contributed by atoms with E-state index in [9.17, 15) is 4.79 Å². The summed E-state index contributed by atoms with van der Waals surface area (Å²) in [5, 5.41) is 16.3. The van der Waals surface area contributed by atoms with Crippen LogP contribution in [0.4, 0.5) is 0 Å². The van der Waals surface area contributed by atoms with Crippen LogP contribution in [0.5, 0.6) is 0 Å². The van der Waals surface area contributed by atoms with E-state index in [2.05, 4.69) is 10.2 Å². The van der Waals surface area contributed by atoms with Crippen LogP contribution < -0.4 is 0 Å². The van der Waals surface area contributed by atoms with Crippen LogP contribution in [0, 0.1) is 0 Å². The van der Waals surface area contributed by atoms with Crippen LogP contribution in [0.15, 0.2) is 34.7 Å². The van der Waals surface area contributed by atoms with E-state index in [-0.39, 0.29) is 12.5 Å². The van der Waals surface area contributed by atoms with Gasteiger partial charge in [-0.1, -0.05) is 18.2 Å². The summed E-state index contributed by atoms with van der Waals surface area (Å²) in [5.74, 6) is -0.392. The Morgan fingerprint density at radius 3 is 2.78 bits per heavy atom. The molecule has 1 aromatic heterocycles. The molecule has 6 heteroatoms. The van der Waals surface area contributed by atoms with Crippen molar-refractivity contribution >= 4 is 5.97 Å². The van der Waals surface area contributed by atoms with Gasteiger partial charge < -0.3 is 14.3 Å². The number of hydrogen-bond donors (Lipinski definition) is 1. The molecule has 1 atom stereocenters. The number of aliphatic carboxylic acids is 1. The van der Waals surface area contributed by atoms with E-state index in [1.54, 1.807) is 0 Å². The molecule has 0 bridgehead atoms. The molecule has 0 radical (unpaired) electrons. The predicted molar refractivity (Wildman–Crippen MR) is 61.6 cm³/mol. The Labute approximate surface area is 103 Å². The summed E-state index contributed by atoms with van der Waals surface area (Å²) in [5.41, 5.74) is 0.808. The second-order valence-corrected chi connectivity index (χ2v) is 3.66. The lowest BCUT2D eigenvalue weighted by Gasteiger charge is -2.04. The molecular formula is C12H12N2O4. The third kappa shape index (κ3) is 2.92. The summed E-state index contributed by atoms with van der Waals surface area (Å²) in [6, 6.07) is 9.30. The van der Waals surface area contributed by atoms with Crippen LogP contribution in [-0.4, -0.2) is 27.4 Å². The van der Waals surface area contributed by atoms with Gasteiger partial charge in [0.05, 0.1) is 0 Å². The van der Waals surface area contributed by atoms with E-state index < -0.39 is 12.1 Å². The Morgan fingerprint density at radius 2 is 2.11 bits per heavy atom. The van der Waals surface area contributed by atoms with Crippen molar-refractivity contribution in [2.45, 2.75) is 19.6 Å². The second kappa shape index (κ2) is 5.42. The standard InChI is InChI=1S/C12H12N2O4/c1-8(12(15)16)17-7-10-13-14-11(18-10)9-5-3-2-4-6-9/h2-6,8H,7H2,1H3,(H,15,16)/t8-/m0/s1. The fraction of sp³-hybridized carbons (Fsp3) is 0.250. The minimum absolute atomic E-state index is 0.0205. The van der Waals surface area contributed by atoms with Crippen LogP contribution in [0.25, 0.3) is 11.5 Å². The van der Waals surface area contributed by atoms with Crippen LogP contribution in [0.2, 0.25) is 0 Å². The third-order valence-electron chi connectivity index (χ3n) is 2.29. The van der Waals surface area contributed by atoms with E-state index in [4.69, 9.17) is 14.3 Å². The van der Waals surface area contributed by atoms with Gasteiger partial charge in [-0.3, -0.25) is 0 Å². The lowest BCUT2D eigenvalue weighted by Crippen LogP contribution is -2.19. The summed E-state index contributed by atoms with van der Waals surface area (Å²) in [7, 11) is 0. The van der Waals surface area contributed by atoms with E-state index in [1.807, 2.05) is 30.3 Å². The third-order valence-corrected chi connectivity index (χ3v) is 2.29. The molecule has 18 heavy (non-hydrogen) atoms. The maximum atomic E-state index is 10.6. The Morgan fingerprint density at radius 1 is 1.39 bits per heavy atom. The summed E-state index contributed by atoms with van der Waals surface area (Å²) in [4.78, 5) is 10.6. The van der Waals surface area contributed by atoms with Crippen LogP contribution in [-0.2, 0) is 16.1 Å². The Kier molecular flexibility index (Phi) is 3.69. The molecule has 0 unspecified atom stereocenters. The molecule has 1 aromatic carbocycles. The summed E-state index contributed by atoms with van der Waals surface area (Å²) < 4.78 is 10.4. The molecule has 2 rings (SSSR count). The first-order valence-electron chi connectivity index (χ1n) is 5.39. The maximum absolute atomic E-state index is 10.6. The zero-order chi connectivity index (χ0) is 13.0. The van der Waals surface area contributed by atoms with Crippen molar-refractivity contribution in [2.75, 3.05) is 0 Å². The quantitative estimate of drug-likeness (QED) is 0.867. The van der Waals surface area contributed by atoms with E-state index in [0.29, 0.717) is 5.89 Å². The average molecular weight is 248 g/mol. The highest BCUT2D eigenvalue weighted by molar-refractivity contribution is 5.71. The van der Waals surface area contributed by atoms with Crippen molar-refractivity contribution in [3.05, 3.63) is 36.2 Å². The van der Waals surface area contributed by atoms with Gasteiger partial charge in [0.25, 0.3) is 0 Å². The average Bonchev–Trinajstić information content (AvgIpc) is 2.85. The summed E-state index contributed by atoms with van der Waals surface area (Å²) >= 11 is 0. The number of carboxylic acid groups (broad SMARTS) is 1. The number of carboxylic acids is 1. The topological polar surface area (TPSA) is 85.5 Å². The number of hydrogen-bond acceptors (Lipinski definition) is 5. The molecule has 0 fully saturated rings. The summed E-state index contributed by atoms with van der Waals surface area (Å²) in [6.45, 7) is 1.42. The van der Waals surface area contributed by atoms with Gasteiger partial charge in [-0.15, -0.1) is 10.2 Å². The first-order chi connectivity index (χ1) is 8.66. The lowest BCUT2D eigenvalue weighted by molar-refractivity contribution is -0.150. The van der Waals surface area contributed by atoms with E-state index >= 15 is 0 Å². The zero-order valence-electron chi connectivity index (χ0n) is 9.74. The second-order valence-electron chi connectivity index (χ2n) is 3.66.